The second-order valence-corrected chi connectivity index (χ2v) is 4.38. The molecular weight excluding hydrogens is 220 g/mol. The quantitative estimate of drug-likeness (QED) is 0.862. The van der Waals surface area contributed by atoms with Crippen molar-refractivity contribution in [1.82, 2.24) is 15.0 Å². The summed E-state index contributed by atoms with van der Waals surface area (Å²) in [6.45, 7) is 3.02. The molecule has 2 heterocycles. The van der Waals surface area contributed by atoms with Crippen molar-refractivity contribution in [3.05, 3.63) is 34.5 Å². The van der Waals surface area contributed by atoms with Crippen LogP contribution in [0, 0.1) is 0 Å². The molecule has 0 atom stereocenters. The Labute approximate surface area is 98.8 Å². The number of nitrogens with one attached hydrogen (secondary N) is 1. The number of nitrogens with zero attached hydrogens (tertiary/aromatic N) is 3. The van der Waals surface area contributed by atoms with Gasteiger partial charge in [-0.25, -0.2) is 15.0 Å². The monoisotopic (exact) mass is 234 g/mol. The lowest BCUT2D eigenvalue weighted by atomic mass is 10.3. The van der Waals surface area contributed by atoms with Gasteiger partial charge in [0.05, 0.1) is 10.7 Å². The largest absolute Gasteiger partial charge is 0.354 e. The van der Waals surface area contributed by atoms with Crippen molar-refractivity contribution < 1.29 is 0 Å². The molecule has 16 heavy (non-hydrogen) atoms. The van der Waals surface area contributed by atoms with Gasteiger partial charge in [0.2, 0.25) is 5.95 Å². The maximum atomic E-state index is 4.43. The molecule has 1 N–H and O–H groups in total. The number of aromatic nitrogens is 3. The Hall–Kier alpha value is -1.49. The molecule has 84 valence electrons. The molecule has 0 bridgehead atoms. The van der Waals surface area contributed by atoms with Crippen LogP contribution < -0.4 is 5.32 Å². The molecule has 0 amide bonds. The Morgan fingerprint density at radius 2 is 2.25 bits per heavy atom. The number of anilines is 1. The van der Waals surface area contributed by atoms with Gasteiger partial charge in [0, 0.05) is 30.7 Å². The molecule has 0 radical (unpaired) electrons. The molecule has 0 fully saturated rings. The van der Waals surface area contributed by atoms with E-state index in [-0.39, 0.29) is 0 Å². The van der Waals surface area contributed by atoms with Crippen LogP contribution in [-0.2, 0) is 6.42 Å². The number of hydrogen-bond acceptors (Lipinski definition) is 5. The van der Waals surface area contributed by atoms with E-state index in [9.17, 15) is 0 Å². The van der Waals surface area contributed by atoms with Crippen molar-refractivity contribution in [2.45, 2.75) is 19.8 Å². The van der Waals surface area contributed by atoms with E-state index < -0.39 is 0 Å². The van der Waals surface area contributed by atoms with E-state index in [0.29, 0.717) is 5.95 Å². The fraction of sp³-hybridized carbons (Fsp3) is 0.364. The van der Waals surface area contributed by atoms with Crippen LogP contribution in [0.2, 0.25) is 0 Å². The summed E-state index contributed by atoms with van der Waals surface area (Å²) >= 11 is 1.65. The van der Waals surface area contributed by atoms with Crippen LogP contribution >= 0.6 is 11.3 Å². The van der Waals surface area contributed by atoms with Crippen molar-refractivity contribution >= 4 is 17.3 Å². The summed E-state index contributed by atoms with van der Waals surface area (Å²) in [5.41, 5.74) is 1.00. The fourth-order valence-electron chi connectivity index (χ4n) is 1.31. The zero-order valence-corrected chi connectivity index (χ0v) is 10.00. The van der Waals surface area contributed by atoms with E-state index in [1.165, 1.54) is 0 Å². The fourth-order valence-corrected chi connectivity index (χ4v) is 1.94. The van der Waals surface area contributed by atoms with Crippen LogP contribution in [0.4, 0.5) is 5.95 Å². The molecule has 0 aliphatic rings. The van der Waals surface area contributed by atoms with E-state index in [1.807, 2.05) is 17.6 Å². The van der Waals surface area contributed by atoms with Crippen LogP contribution in [-0.4, -0.2) is 21.5 Å². The second kappa shape index (κ2) is 5.55. The summed E-state index contributed by atoms with van der Waals surface area (Å²) in [4.78, 5) is 12.8. The highest BCUT2D eigenvalue weighted by atomic mass is 32.1. The van der Waals surface area contributed by atoms with E-state index in [1.54, 1.807) is 17.5 Å². The zero-order chi connectivity index (χ0) is 11.2. The molecule has 0 saturated carbocycles. The lowest BCUT2D eigenvalue weighted by molar-refractivity contribution is 0.935. The highest BCUT2D eigenvalue weighted by molar-refractivity contribution is 7.09. The minimum absolute atomic E-state index is 0.705. The van der Waals surface area contributed by atoms with Gasteiger partial charge in [-0.05, 0) is 12.5 Å². The summed E-state index contributed by atoms with van der Waals surface area (Å²) in [5, 5.41) is 6.24. The topological polar surface area (TPSA) is 50.7 Å². The summed E-state index contributed by atoms with van der Waals surface area (Å²) in [5.74, 6) is 0.705. The Balaban J connectivity index is 2.04. The Morgan fingerprint density at radius 1 is 1.31 bits per heavy atom. The second-order valence-electron chi connectivity index (χ2n) is 3.40. The molecule has 2 rings (SSSR count). The highest BCUT2D eigenvalue weighted by Crippen LogP contribution is 2.10. The lowest BCUT2D eigenvalue weighted by Gasteiger charge is -2.03. The number of rotatable bonds is 5. The van der Waals surface area contributed by atoms with Gasteiger partial charge in [-0.3, -0.25) is 0 Å². The average molecular weight is 234 g/mol. The highest BCUT2D eigenvalue weighted by Gasteiger charge is 2.01. The molecule has 0 saturated heterocycles. The Bertz CT molecular complexity index is 427. The molecule has 5 heteroatoms. The number of thiazole rings is 1. The maximum Gasteiger partial charge on any atom is 0.222 e. The van der Waals surface area contributed by atoms with E-state index in [0.717, 1.165) is 30.1 Å². The summed E-state index contributed by atoms with van der Waals surface area (Å²) in [6, 6.07) is 1.93. The maximum absolute atomic E-state index is 4.43. The number of hydrogen-bond donors (Lipinski definition) is 1. The molecule has 0 unspecified atom stereocenters. The third kappa shape index (κ3) is 3.00. The van der Waals surface area contributed by atoms with Gasteiger partial charge in [0.1, 0.15) is 0 Å². The SMILES string of the molecule is CCCNc1nccc(Cc2nccs2)n1. The molecule has 4 nitrogen and oxygen atoms in total. The summed E-state index contributed by atoms with van der Waals surface area (Å²) in [6.07, 6.45) is 5.45. The van der Waals surface area contributed by atoms with Crippen LogP contribution in [0.5, 0.6) is 0 Å². The van der Waals surface area contributed by atoms with Crippen LogP contribution in [0.25, 0.3) is 0 Å². The molecule has 0 spiro atoms. The standard InChI is InChI=1S/C11H14N4S/c1-2-4-13-11-14-5-3-9(15-11)8-10-12-6-7-16-10/h3,5-7H,2,4,8H2,1H3,(H,13,14,15). The van der Waals surface area contributed by atoms with Crippen molar-refractivity contribution in [1.29, 1.82) is 0 Å². The van der Waals surface area contributed by atoms with E-state index in [2.05, 4.69) is 27.2 Å². The van der Waals surface area contributed by atoms with E-state index >= 15 is 0 Å². The molecule has 0 aliphatic heterocycles. The van der Waals surface area contributed by atoms with Crippen molar-refractivity contribution in [3.63, 3.8) is 0 Å². The van der Waals surface area contributed by atoms with Gasteiger partial charge in [-0.1, -0.05) is 6.92 Å². The lowest BCUT2D eigenvalue weighted by Crippen LogP contribution is -2.05. The zero-order valence-electron chi connectivity index (χ0n) is 9.18. The van der Waals surface area contributed by atoms with Gasteiger partial charge in [-0.2, -0.15) is 0 Å². The van der Waals surface area contributed by atoms with Crippen molar-refractivity contribution in [3.8, 4) is 0 Å². The van der Waals surface area contributed by atoms with Crippen molar-refractivity contribution in [2.24, 2.45) is 0 Å². The van der Waals surface area contributed by atoms with Gasteiger partial charge in [0.25, 0.3) is 0 Å². The third-order valence-electron chi connectivity index (χ3n) is 2.06. The Kier molecular flexibility index (Phi) is 3.82. The van der Waals surface area contributed by atoms with Crippen LogP contribution in [0.1, 0.15) is 24.0 Å². The van der Waals surface area contributed by atoms with E-state index in [4.69, 9.17) is 0 Å². The summed E-state index contributed by atoms with van der Waals surface area (Å²) < 4.78 is 0. The third-order valence-corrected chi connectivity index (χ3v) is 2.84. The molecule has 0 aliphatic carbocycles. The van der Waals surface area contributed by atoms with Crippen LogP contribution in [0.3, 0.4) is 0 Å². The first kappa shape index (κ1) is 11.0. The van der Waals surface area contributed by atoms with Gasteiger partial charge < -0.3 is 5.32 Å². The first-order valence-corrected chi connectivity index (χ1v) is 6.20. The molecule has 2 aromatic rings. The van der Waals surface area contributed by atoms with Crippen molar-refractivity contribution in [2.75, 3.05) is 11.9 Å². The predicted octanol–water partition coefficient (Wildman–Crippen LogP) is 2.35. The summed E-state index contributed by atoms with van der Waals surface area (Å²) in [7, 11) is 0. The first-order valence-electron chi connectivity index (χ1n) is 5.32. The predicted molar refractivity (Wildman–Crippen MR) is 65.7 cm³/mol. The molecule has 0 aromatic carbocycles. The minimum atomic E-state index is 0.705. The normalized spacial score (nSPS) is 10.3. The van der Waals surface area contributed by atoms with Gasteiger partial charge in [-0.15, -0.1) is 11.3 Å². The Morgan fingerprint density at radius 3 is 3.00 bits per heavy atom. The van der Waals surface area contributed by atoms with Gasteiger partial charge >= 0.3 is 0 Å². The first-order chi connectivity index (χ1) is 7.88. The molecular formula is C11H14N4S. The molecule has 2 aromatic heterocycles. The van der Waals surface area contributed by atoms with Gasteiger partial charge in [0.15, 0.2) is 0 Å². The van der Waals surface area contributed by atoms with Crippen LogP contribution in [0.15, 0.2) is 23.8 Å². The minimum Gasteiger partial charge on any atom is -0.354 e. The smallest absolute Gasteiger partial charge is 0.222 e. The average Bonchev–Trinajstić information content (AvgIpc) is 2.80.